The van der Waals surface area contributed by atoms with Crippen molar-refractivity contribution in [2.45, 2.75) is 27.7 Å². The molecule has 0 unspecified atom stereocenters. The van der Waals surface area contributed by atoms with Crippen molar-refractivity contribution in [3.63, 3.8) is 0 Å². The summed E-state index contributed by atoms with van der Waals surface area (Å²) in [5.41, 5.74) is 5.84. The SMILES string of the molecule is CCN(CC)c1ccc(-n2c(C)cc(/C=N\n3cnnc3)c2C)cc1. The first-order valence-electron chi connectivity index (χ1n) is 8.57. The van der Waals surface area contributed by atoms with E-state index in [9.17, 15) is 0 Å². The molecule has 0 spiro atoms. The third kappa shape index (κ3) is 3.47. The highest BCUT2D eigenvalue weighted by atomic mass is 15.4. The zero-order valence-corrected chi connectivity index (χ0v) is 15.2. The molecule has 0 fully saturated rings. The summed E-state index contributed by atoms with van der Waals surface area (Å²) in [7, 11) is 0. The number of rotatable bonds is 6. The van der Waals surface area contributed by atoms with Crippen molar-refractivity contribution in [1.82, 2.24) is 19.4 Å². The van der Waals surface area contributed by atoms with Gasteiger partial charge in [0.1, 0.15) is 12.7 Å². The zero-order valence-electron chi connectivity index (χ0n) is 15.2. The van der Waals surface area contributed by atoms with E-state index in [1.54, 1.807) is 17.3 Å². The van der Waals surface area contributed by atoms with Gasteiger partial charge in [0.15, 0.2) is 0 Å². The van der Waals surface area contributed by atoms with Crippen molar-refractivity contribution in [3.8, 4) is 5.69 Å². The largest absolute Gasteiger partial charge is 0.372 e. The lowest BCUT2D eigenvalue weighted by molar-refractivity contribution is 0.865. The first-order chi connectivity index (χ1) is 12.1. The van der Waals surface area contributed by atoms with E-state index < -0.39 is 0 Å². The fourth-order valence-electron chi connectivity index (χ4n) is 3.10. The molecule has 6 heteroatoms. The molecule has 25 heavy (non-hydrogen) atoms. The van der Waals surface area contributed by atoms with E-state index in [-0.39, 0.29) is 0 Å². The van der Waals surface area contributed by atoms with Gasteiger partial charge in [0.25, 0.3) is 0 Å². The third-order valence-electron chi connectivity index (χ3n) is 4.44. The predicted octanol–water partition coefficient (Wildman–Crippen LogP) is 3.41. The Bertz CT molecular complexity index is 839. The molecule has 2 aromatic heterocycles. The van der Waals surface area contributed by atoms with Crippen LogP contribution in [-0.4, -0.2) is 38.7 Å². The summed E-state index contributed by atoms with van der Waals surface area (Å²) in [6.07, 6.45) is 4.98. The Kier molecular flexibility index (Phi) is 4.97. The molecule has 3 aromatic rings. The molecule has 0 atom stereocenters. The van der Waals surface area contributed by atoms with Crippen molar-refractivity contribution in [1.29, 1.82) is 0 Å². The normalized spacial score (nSPS) is 11.4. The average Bonchev–Trinajstić information content (AvgIpc) is 3.23. The minimum absolute atomic E-state index is 1.02. The first kappa shape index (κ1) is 17.0. The first-order valence-corrected chi connectivity index (χ1v) is 8.57. The van der Waals surface area contributed by atoms with Crippen LogP contribution in [-0.2, 0) is 0 Å². The molecule has 0 amide bonds. The van der Waals surface area contributed by atoms with E-state index in [2.05, 4.69) is 82.8 Å². The molecule has 0 N–H and O–H groups in total. The van der Waals surface area contributed by atoms with Crippen LogP contribution in [0.25, 0.3) is 5.69 Å². The Morgan fingerprint density at radius 2 is 1.68 bits per heavy atom. The highest BCUT2D eigenvalue weighted by molar-refractivity contribution is 5.82. The van der Waals surface area contributed by atoms with Gasteiger partial charge in [-0.15, -0.1) is 10.2 Å². The topological polar surface area (TPSA) is 51.2 Å². The van der Waals surface area contributed by atoms with Gasteiger partial charge >= 0.3 is 0 Å². The van der Waals surface area contributed by atoms with Crippen LogP contribution in [0.3, 0.4) is 0 Å². The van der Waals surface area contributed by atoms with Crippen LogP contribution in [0.5, 0.6) is 0 Å². The number of nitrogens with zero attached hydrogens (tertiary/aromatic N) is 6. The fraction of sp³-hybridized carbons (Fsp3) is 0.316. The van der Waals surface area contributed by atoms with E-state index in [0.717, 1.165) is 30.0 Å². The predicted molar refractivity (Wildman–Crippen MR) is 102 cm³/mol. The Balaban J connectivity index is 1.90. The molecular weight excluding hydrogens is 312 g/mol. The van der Waals surface area contributed by atoms with Gasteiger partial charge in [-0.2, -0.15) is 5.10 Å². The Labute approximate surface area is 148 Å². The second-order valence-corrected chi connectivity index (χ2v) is 5.94. The summed E-state index contributed by atoms with van der Waals surface area (Å²) in [5.74, 6) is 0. The minimum Gasteiger partial charge on any atom is -0.372 e. The number of hydrogen-bond acceptors (Lipinski definition) is 4. The van der Waals surface area contributed by atoms with Gasteiger partial charge in [0.05, 0.1) is 6.21 Å². The molecule has 0 saturated carbocycles. The summed E-state index contributed by atoms with van der Waals surface area (Å²) in [6.45, 7) is 10.6. The second-order valence-electron chi connectivity index (χ2n) is 5.94. The van der Waals surface area contributed by atoms with Crippen LogP contribution in [0.15, 0.2) is 48.1 Å². The maximum absolute atomic E-state index is 4.35. The number of hydrogen-bond donors (Lipinski definition) is 0. The standard InChI is InChI=1S/C19H24N6/c1-5-23(6-2)18-7-9-19(10-8-18)25-15(3)11-17(16(25)4)12-22-24-13-20-21-14-24/h7-14H,5-6H2,1-4H3/b22-12-. The summed E-state index contributed by atoms with van der Waals surface area (Å²) < 4.78 is 3.84. The number of benzene rings is 1. The molecular formula is C19H24N6. The minimum atomic E-state index is 1.02. The van der Waals surface area contributed by atoms with Crippen LogP contribution in [0.2, 0.25) is 0 Å². The van der Waals surface area contributed by atoms with Crippen molar-refractivity contribution < 1.29 is 0 Å². The van der Waals surface area contributed by atoms with Crippen molar-refractivity contribution in [2.75, 3.05) is 18.0 Å². The van der Waals surface area contributed by atoms with Crippen LogP contribution < -0.4 is 4.90 Å². The lowest BCUT2D eigenvalue weighted by Crippen LogP contribution is -2.21. The molecule has 0 saturated heterocycles. The maximum Gasteiger partial charge on any atom is 0.141 e. The van der Waals surface area contributed by atoms with Crippen LogP contribution >= 0.6 is 0 Å². The van der Waals surface area contributed by atoms with Gasteiger partial charge < -0.3 is 9.47 Å². The molecule has 6 nitrogen and oxygen atoms in total. The van der Waals surface area contributed by atoms with Crippen LogP contribution in [0, 0.1) is 13.8 Å². The molecule has 0 aliphatic carbocycles. The van der Waals surface area contributed by atoms with Crippen molar-refractivity contribution in [3.05, 3.63) is 59.9 Å². The molecule has 2 heterocycles. The summed E-state index contributed by atoms with van der Waals surface area (Å²) >= 11 is 0. The van der Waals surface area contributed by atoms with Crippen molar-refractivity contribution >= 4 is 11.9 Å². The van der Waals surface area contributed by atoms with Gasteiger partial charge in [0.2, 0.25) is 0 Å². The Hall–Kier alpha value is -2.89. The van der Waals surface area contributed by atoms with Crippen LogP contribution in [0.4, 0.5) is 5.69 Å². The Morgan fingerprint density at radius 1 is 1.04 bits per heavy atom. The van der Waals surface area contributed by atoms with E-state index in [1.165, 1.54) is 11.4 Å². The molecule has 3 rings (SSSR count). The van der Waals surface area contributed by atoms with Gasteiger partial charge in [-0.3, -0.25) is 0 Å². The monoisotopic (exact) mass is 336 g/mol. The zero-order chi connectivity index (χ0) is 17.8. The maximum atomic E-state index is 4.35. The average molecular weight is 336 g/mol. The summed E-state index contributed by atoms with van der Waals surface area (Å²) in [4.78, 5) is 2.34. The third-order valence-corrected chi connectivity index (χ3v) is 4.44. The fourth-order valence-corrected chi connectivity index (χ4v) is 3.10. The van der Waals surface area contributed by atoms with Gasteiger partial charge in [-0.1, -0.05) is 0 Å². The highest BCUT2D eigenvalue weighted by Crippen LogP contribution is 2.22. The molecule has 0 bridgehead atoms. The highest BCUT2D eigenvalue weighted by Gasteiger charge is 2.10. The summed E-state index contributed by atoms with van der Waals surface area (Å²) in [5, 5.41) is 11.9. The quantitative estimate of drug-likeness (QED) is 0.648. The number of anilines is 1. The molecule has 0 aliphatic rings. The van der Waals surface area contributed by atoms with Crippen LogP contribution in [0.1, 0.15) is 30.8 Å². The van der Waals surface area contributed by atoms with Gasteiger partial charge in [0, 0.05) is 41.4 Å². The number of aryl methyl sites for hydroxylation is 1. The van der Waals surface area contributed by atoms with E-state index in [4.69, 9.17) is 0 Å². The van der Waals surface area contributed by atoms with E-state index in [1.807, 2.05) is 6.21 Å². The molecule has 0 radical (unpaired) electrons. The molecule has 0 aliphatic heterocycles. The lowest BCUT2D eigenvalue weighted by Gasteiger charge is -2.21. The van der Waals surface area contributed by atoms with Crippen molar-refractivity contribution in [2.24, 2.45) is 5.10 Å². The summed E-state index contributed by atoms with van der Waals surface area (Å²) in [6, 6.07) is 10.9. The molecule has 130 valence electrons. The van der Waals surface area contributed by atoms with Gasteiger partial charge in [-0.05, 0) is 58.0 Å². The smallest absolute Gasteiger partial charge is 0.141 e. The van der Waals surface area contributed by atoms with E-state index >= 15 is 0 Å². The molecule has 1 aromatic carbocycles. The van der Waals surface area contributed by atoms with Gasteiger partial charge in [-0.25, -0.2) is 4.68 Å². The lowest BCUT2D eigenvalue weighted by atomic mass is 10.2. The Morgan fingerprint density at radius 3 is 2.28 bits per heavy atom. The number of aromatic nitrogens is 4. The second kappa shape index (κ2) is 7.34. The van der Waals surface area contributed by atoms with E-state index in [0.29, 0.717) is 0 Å².